The van der Waals surface area contributed by atoms with Crippen LogP contribution in [0.1, 0.15) is 28.7 Å². The molecule has 108 valence electrons. The summed E-state index contributed by atoms with van der Waals surface area (Å²) in [6.07, 6.45) is 5.32. The number of benzene rings is 2. The number of hydrogen-bond acceptors (Lipinski definition) is 2. The van der Waals surface area contributed by atoms with Crippen LogP contribution < -0.4 is 5.32 Å². The molecule has 2 heteroatoms. The van der Waals surface area contributed by atoms with Gasteiger partial charge in [0.05, 0.1) is 0 Å². The van der Waals surface area contributed by atoms with E-state index in [2.05, 4.69) is 41.7 Å². The Labute approximate surface area is 126 Å². The molecule has 2 nitrogen and oxygen atoms in total. The van der Waals surface area contributed by atoms with E-state index in [4.69, 9.17) is 0 Å². The molecule has 0 saturated carbocycles. The second kappa shape index (κ2) is 6.15. The zero-order valence-corrected chi connectivity index (χ0v) is 12.4. The Morgan fingerprint density at radius 2 is 1.81 bits per heavy atom. The molecule has 21 heavy (non-hydrogen) atoms. The summed E-state index contributed by atoms with van der Waals surface area (Å²) in [4.78, 5) is 0. The highest BCUT2D eigenvalue weighted by molar-refractivity contribution is 5.84. The lowest BCUT2D eigenvalue weighted by atomic mass is 9.93. The summed E-state index contributed by atoms with van der Waals surface area (Å²) >= 11 is 0. The van der Waals surface area contributed by atoms with E-state index in [1.165, 1.54) is 27.8 Å². The molecule has 3 rings (SSSR count). The largest absolute Gasteiger partial charge is 0.508 e. The molecule has 0 radical (unpaired) electrons. The maximum Gasteiger partial charge on any atom is 0.115 e. The minimum absolute atomic E-state index is 0.356. The number of phenolic OH excluding ortho intramolecular Hbond substituents is 1. The first-order valence-corrected chi connectivity index (χ1v) is 7.55. The predicted octanol–water partition coefficient (Wildman–Crippen LogP) is 3.53. The van der Waals surface area contributed by atoms with Gasteiger partial charge in [0.2, 0.25) is 0 Å². The van der Waals surface area contributed by atoms with Gasteiger partial charge >= 0.3 is 0 Å². The molecule has 0 heterocycles. The summed E-state index contributed by atoms with van der Waals surface area (Å²) in [6, 6.07) is 14.4. The van der Waals surface area contributed by atoms with Crippen LogP contribution in [-0.4, -0.2) is 18.7 Å². The van der Waals surface area contributed by atoms with Crippen molar-refractivity contribution in [3.8, 4) is 5.75 Å². The zero-order valence-electron chi connectivity index (χ0n) is 12.4. The highest BCUT2D eigenvalue weighted by Crippen LogP contribution is 2.35. The summed E-state index contributed by atoms with van der Waals surface area (Å²) in [5, 5.41) is 13.0. The summed E-state index contributed by atoms with van der Waals surface area (Å²) in [7, 11) is 1.98. The molecule has 0 unspecified atom stereocenters. The van der Waals surface area contributed by atoms with E-state index in [9.17, 15) is 5.11 Å². The van der Waals surface area contributed by atoms with Gasteiger partial charge in [0.15, 0.2) is 0 Å². The van der Waals surface area contributed by atoms with Crippen LogP contribution in [0.5, 0.6) is 5.75 Å². The van der Waals surface area contributed by atoms with E-state index in [-0.39, 0.29) is 0 Å². The third-order valence-corrected chi connectivity index (χ3v) is 4.09. The highest BCUT2D eigenvalue weighted by atomic mass is 16.3. The Hall–Kier alpha value is -2.06. The lowest BCUT2D eigenvalue weighted by Crippen LogP contribution is -2.06. The van der Waals surface area contributed by atoms with Crippen LogP contribution in [0.2, 0.25) is 0 Å². The molecule has 0 spiro atoms. The first kappa shape index (κ1) is 13.9. The molecule has 1 aliphatic carbocycles. The van der Waals surface area contributed by atoms with Crippen LogP contribution >= 0.6 is 0 Å². The van der Waals surface area contributed by atoms with Gasteiger partial charge in [-0.1, -0.05) is 36.4 Å². The molecule has 0 amide bonds. The Kier molecular flexibility index (Phi) is 4.07. The van der Waals surface area contributed by atoms with Crippen molar-refractivity contribution in [2.75, 3.05) is 13.6 Å². The monoisotopic (exact) mass is 279 g/mol. The van der Waals surface area contributed by atoms with Crippen molar-refractivity contribution < 1.29 is 5.11 Å². The molecule has 0 aromatic heterocycles. The van der Waals surface area contributed by atoms with Crippen molar-refractivity contribution in [1.82, 2.24) is 5.32 Å². The van der Waals surface area contributed by atoms with Crippen molar-refractivity contribution >= 4 is 5.57 Å². The maximum atomic E-state index is 9.77. The molecule has 0 fully saturated rings. The van der Waals surface area contributed by atoms with Crippen LogP contribution in [0.15, 0.2) is 48.5 Å². The quantitative estimate of drug-likeness (QED) is 0.842. The number of hydrogen-bond donors (Lipinski definition) is 2. The van der Waals surface area contributed by atoms with Crippen molar-refractivity contribution in [3.05, 3.63) is 70.8 Å². The molecule has 0 aliphatic heterocycles. The van der Waals surface area contributed by atoms with Gasteiger partial charge in [0.25, 0.3) is 0 Å². The van der Waals surface area contributed by atoms with Crippen molar-refractivity contribution in [3.63, 3.8) is 0 Å². The lowest BCUT2D eigenvalue weighted by molar-refractivity contribution is 0.474. The van der Waals surface area contributed by atoms with E-state index in [0.717, 1.165) is 25.8 Å². The number of phenols is 1. The molecule has 0 saturated heterocycles. The van der Waals surface area contributed by atoms with E-state index in [1.54, 1.807) is 6.07 Å². The van der Waals surface area contributed by atoms with Gasteiger partial charge in [-0.25, -0.2) is 0 Å². The fourth-order valence-corrected chi connectivity index (χ4v) is 3.05. The summed E-state index contributed by atoms with van der Waals surface area (Å²) in [6.45, 7) is 0.971. The average Bonchev–Trinajstić information content (AvgIpc) is 2.65. The molecule has 2 aromatic carbocycles. The van der Waals surface area contributed by atoms with Gasteiger partial charge in [-0.15, -0.1) is 0 Å². The third-order valence-electron chi connectivity index (χ3n) is 4.09. The fourth-order valence-electron chi connectivity index (χ4n) is 3.05. The minimum atomic E-state index is 0.356. The fraction of sp³-hybridized carbons (Fsp3) is 0.263. The standard InChI is InChI=1S/C19H21NO/c1-20-12-4-7-19-17-6-3-2-5-14(17)8-9-15-13-16(21)10-11-18(15)19/h2-3,5-7,10-11,13,20-21H,4,8-9,12H2,1H3/b19-7-. The van der Waals surface area contributed by atoms with Crippen molar-refractivity contribution in [2.24, 2.45) is 0 Å². The van der Waals surface area contributed by atoms with E-state index >= 15 is 0 Å². The van der Waals surface area contributed by atoms with E-state index in [1.807, 2.05) is 13.1 Å². The van der Waals surface area contributed by atoms with Crippen LogP contribution in [0.4, 0.5) is 0 Å². The van der Waals surface area contributed by atoms with Crippen LogP contribution in [0.25, 0.3) is 5.57 Å². The summed E-state index contributed by atoms with van der Waals surface area (Å²) < 4.78 is 0. The smallest absolute Gasteiger partial charge is 0.115 e. The maximum absolute atomic E-state index is 9.77. The predicted molar refractivity (Wildman–Crippen MR) is 87.6 cm³/mol. The Bertz CT molecular complexity index is 673. The van der Waals surface area contributed by atoms with Gasteiger partial charge in [0, 0.05) is 0 Å². The van der Waals surface area contributed by atoms with Crippen LogP contribution in [0, 0.1) is 0 Å². The summed E-state index contributed by atoms with van der Waals surface area (Å²) in [5.41, 5.74) is 6.52. The van der Waals surface area contributed by atoms with Crippen LogP contribution in [0.3, 0.4) is 0 Å². The Balaban J connectivity index is 2.13. The SMILES string of the molecule is CNCC/C=C1/c2ccccc2CCc2cc(O)ccc21. The van der Waals surface area contributed by atoms with E-state index in [0.29, 0.717) is 5.75 Å². The first-order valence-electron chi connectivity index (χ1n) is 7.55. The van der Waals surface area contributed by atoms with Gasteiger partial charge in [0.1, 0.15) is 5.75 Å². The van der Waals surface area contributed by atoms with Crippen molar-refractivity contribution in [1.29, 1.82) is 0 Å². The molecular weight excluding hydrogens is 258 g/mol. The molecule has 1 aliphatic rings. The molecular formula is C19H21NO. The molecule has 2 N–H and O–H groups in total. The number of fused-ring (bicyclic) bond motifs is 2. The zero-order chi connectivity index (χ0) is 14.7. The number of rotatable bonds is 3. The lowest BCUT2D eigenvalue weighted by Gasteiger charge is -2.12. The number of nitrogens with one attached hydrogen (secondary N) is 1. The topological polar surface area (TPSA) is 32.3 Å². The van der Waals surface area contributed by atoms with Gasteiger partial charge in [-0.3, -0.25) is 0 Å². The minimum Gasteiger partial charge on any atom is -0.508 e. The first-order chi connectivity index (χ1) is 10.3. The van der Waals surface area contributed by atoms with Gasteiger partial charge in [-0.2, -0.15) is 0 Å². The second-order valence-corrected chi connectivity index (χ2v) is 5.51. The average molecular weight is 279 g/mol. The third kappa shape index (κ3) is 2.86. The van der Waals surface area contributed by atoms with Gasteiger partial charge in [-0.05, 0) is 72.8 Å². The number of aromatic hydroxyl groups is 1. The highest BCUT2D eigenvalue weighted by Gasteiger charge is 2.17. The Morgan fingerprint density at radius 1 is 1.05 bits per heavy atom. The molecule has 0 bridgehead atoms. The van der Waals surface area contributed by atoms with Crippen LogP contribution in [-0.2, 0) is 12.8 Å². The normalized spacial score (nSPS) is 15.4. The number of aryl methyl sites for hydroxylation is 2. The van der Waals surface area contributed by atoms with E-state index < -0.39 is 0 Å². The van der Waals surface area contributed by atoms with Crippen molar-refractivity contribution in [2.45, 2.75) is 19.3 Å². The molecule has 2 aromatic rings. The Morgan fingerprint density at radius 3 is 2.67 bits per heavy atom. The molecule has 0 atom stereocenters. The summed E-state index contributed by atoms with van der Waals surface area (Å²) in [5.74, 6) is 0.356. The second-order valence-electron chi connectivity index (χ2n) is 5.51. The van der Waals surface area contributed by atoms with Gasteiger partial charge < -0.3 is 10.4 Å².